The molecule has 4 nitrogen and oxygen atoms in total. The molecule has 1 aliphatic rings. The fourth-order valence-corrected chi connectivity index (χ4v) is 3.20. The van der Waals surface area contributed by atoms with E-state index in [1.165, 1.54) is 0 Å². The number of rotatable bonds is 11. The van der Waals surface area contributed by atoms with E-state index in [0.717, 1.165) is 47.5 Å². The van der Waals surface area contributed by atoms with Gasteiger partial charge < -0.3 is 15.4 Å². The summed E-state index contributed by atoms with van der Waals surface area (Å²) in [5.74, 6) is 1.36. The maximum Gasteiger partial charge on any atom is 0.401 e. The quantitative estimate of drug-likeness (QED) is 0.279. The molecule has 174 valence electrons. The van der Waals surface area contributed by atoms with Crippen molar-refractivity contribution in [3.8, 4) is 5.75 Å². The Labute approximate surface area is 188 Å². The average molecular weight is 458 g/mol. The summed E-state index contributed by atoms with van der Waals surface area (Å²) in [6.07, 6.45) is 2.82. The van der Waals surface area contributed by atoms with Gasteiger partial charge in [0.2, 0.25) is 0 Å². The Bertz CT molecular complexity index is 731. The lowest BCUT2D eigenvalue weighted by atomic mass is 10.1. The van der Waals surface area contributed by atoms with E-state index in [1.807, 2.05) is 56.3 Å². The number of hydrogen-bond acceptors (Lipinski definition) is 5. The second-order valence-electron chi connectivity index (χ2n) is 6.65. The summed E-state index contributed by atoms with van der Waals surface area (Å²) < 4.78 is 43.2. The van der Waals surface area contributed by atoms with Crippen LogP contribution in [0.15, 0.2) is 64.4 Å². The molecule has 0 amide bonds. The van der Waals surface area contributed by atoms with Gasteiger partial charge in [-0.3, -0.25) is 5.14 Å². The standard InChI is InChI=1S/C21H28F3N3OS.C2H6/c1-2-3-12-27-18-14-16(11-13-26-15-21(22,23)24)9-10-19(29-25)20(18)28-17-7-5-4-6-8-17;1-2/h4-9,14,26-27H,2-3,10-13,15,25H2,1H3;1-2H3. The molecule has 0 bridgehead atoms. The molecule has 0 fully saturated rings. The van der Waals surface area contributed by atoms with E-state index >= 15 is 0 Å². The maximum atomic E-state index is 12.3. The van der Waals surface area contributed by atoms with E-state index < -0.39 is 12.7 Å². The average Bonchev–Trinajstić information content (AvgIpc) is 2.92. The smallest absolute Gasteiger partial charge is 0.401 e. The van der Waals surface area contributed by atoms with E-state index in [4.69, 9.17) is 9.88 Å². The topological polar surface area (TPSA) is 59.3 Å². The van der Waals surface area contributed by atoms with Crippen molar-refractivity contribution in [1.29, 1.82) is 0 Å². The van der Waals surface area contributed by atoms with Crippen LogP contribution in [-0.4, -0.2) is 25.8 Å². The Hall–Kier alpha value is -1.90. The first-order chi connectivity index (χ1) is 14.9. The number of halogens is 3. The van der Waals surface area contributed by atoms with Gasteiger partial charge in [-0.15, -0.1) is 0 Å². The minimum absolute atomic E-state index is 0.240. The molecule has 0 aromatic heterocycles. The van der Waals surface area contributed by atoms with Crippen molar-refractivity contribution >= 4 is 11.9 Å². The predicted octanol–water partition coefficient (Wildman–Crippen LogP) is 6.06. The number of nitrogens with two attached hydrogens (primary N) is 1. The molecule has 31 heavy (non-hydrogen) atoms. The Balaban J connectivity index is 0.00000233. The molecule has 2 rings (SSSR count). The Morgan fingerprint density at radius 2 is 1.84 bits per heavy atom. The number of para-hydroxylation sites is 1. The molecule has 1 aromatic rings. The third-order valence-corrected chi connectivity index (χ3v) is 4.88. The maximum absolute atomic E-state index is 12.3. The molecular weight excluding hydrogens is 423 g/mol. The summed E-state index contributed by atoms with van der Waals surface area (Å²) in [4.78, 5) is 0.863. The molecule has 4 N–H and O–H groups in total. The highest BCUT2D eigenvalue weighted by Crippen LogP contribution is 2.31. The van der Waals surface area contributed by atoms with Crippen molar-refractivity contribution in [3.05, 3.63) is 64.4 Å². The van der Waals surface area contributed by atoms with Crippen LogP contribution < -0.4 is 20.5 Å². The van der Waals surface area contributed by atoms with Gasteiger partial charge in [-0.05, 0) is 55.1 Å². The Kier molecular flexibility index (Phi) is 13.1. The Morgan fingerprint density at radius 3 is 2.45 bits per heavy atom. The summed E-state index contributed by atoms with van der Waals surface area (Å²) >= 11 is 1.13. The van der Waals surface area contributed by atoms with Gasteiger partial charge in [0.15, 0.2) is 5.76 Å². The van der Waals surface area contributed by atoms with E-state index in [0.29, 0.717) is 24.4 Å². The molecular formula is C23H34F3N3OS. The third-order valence-electron chi connectivity index (χ3n) is 4.24. The monoisotopic (exact) mass is 457 g/mol. The fourth-order valence-electron chi connectivity index (χ4n) is 2.76. The fraction of sp³-hybridized carbons (Fsp3) is 0.478. The molecule has 0 radical (unpaired) electrons. The van der Waals surface area contributed by atoms with Gasteiger partial charge in [0, 0.05) is 17.9 Å². The van der Waals surface area contributed by atoms with Crippen molar-refractivity contribution in [2.45, 2.75) is 52.6 Å². The first kappa shape index (κ1) is 27.1. The largest absolute Gasteiger partial charge is 0.454 e. The second-order valence-corrected chi connectivity index (χ2v) is 7.38. The highest BCUT2D eigenvalue weighted by atomic mass is 32.2. The van der Waals surface area contributed by atoms with Crippen molar-refractivity contribution in [2.24, 2.45) is 5.14 Å². The van der Waals surface area contributed by atoms with Crippen molar-refractivity contribution in [2.75, 3.05) is 19.6 Å². The Morgan fingerprint density at radius 1 is 1.13 bits per heavy atom. The predicted molar refractivity (Wildman–Crippen MR) is 124 cm³/mol. The first-order valence-electron chi connectivity index (χ1n) is 10.7. The van der Waals surface area contributed by atoms with E-state index in [2.05, 4.69) is 17.6 Å². The lowest BCUT2D eigenvalue weighted by molar-refractivity contribution is -0.124. The lowest BCUT2D eigenvalue weighted by Gasteiger charge is -2.18. The van der Waals surface area contributed by atoms with Gasteiger partial charge in [0.25, 0.3) is 0 Å². The summed E-state index contributed by atoms with van der Waals surface area (Å²) in [6.45, 7) is 6.13. The van der Waals surface area contributed by atoms with Gasteiger partial charge in [-0.2, -0.15) is 13.2 Å². The van der Waals surface area contributed by atoms with Gasteiger partial charge >= 0.3 is 6.18 Å². The summed E-state index contributed by atoms with van der Waals surface area (Å²) in [5.41, 5.74) is 1.74. The zero-order valence-corrected chi connectivity index (χ0v) is 19.3. The van der Waals surface area contributed by atoms with E-state index in [1.54, 1.807) is 0 Å². The third kappa shape index (κ3) is 10.8. The second kappa shape index (κ2) is 15.0. The first-order valence-corrected chi connectivity index (χ1v) is 11.6. The molecule has 1 aliphatic carbocycles. The zero-order chi connectivity index (χ0) is 23.1. The number of unbranched alkanes of at least 4 members (excludes halogenated alkanes) is 1. The highest BCUT2D eigenvalue weighted by molar-refractivity contribution is 8.00. The number of allylic oxidation sites excluding steroid dienone is 3. The van der Waals surface area contributed by atoms with Crippen LogP contribution in [0.3, 0.4) is 0 Å². The number of hydrogen-bond donors (Lipinski definition) is 3. The van der Waals surface area contributed by atoms with Gasteiger partial charge in [-0.25, -0.2) is 0 Å². The molecule has 0 aliphatic heterocycles. The summed E-state index contributed by atoms with van der Waals surface area (Å²) in [5, 5.41) is 11.8. The molecule has 0 spiro atoms. The van der Waals surface area contributed by atoms with Crippen molar-refractivity contribution in [3.63, 3.8) is 0 Å². The number of ether oxygens (including phenoxy) is 1. The van der Waals surface area contributed by atoms with Crippen molar-refractivity contribution in [1.82, 2.24) is 10.6 Å². The van der Waals surface area contributed by atoms with E-state index in [9.17, 15) is 13.2 Å². The van der Waals surface area contributed by atoms with Crippen LogP contribution in [-0.2, 0) is 0 Å². The normalized spacial score (nSPS) is 14.2. The number of nitrogens with one attached hydrogen (secondary N) is 2. The summed E-state index contributed by atoms with van der Waals surface area (Å²) in [7, 11) is 0. The highest BCUT2D eigenvalue weighted by Gasteiger charge is 2.26. The summed E-state index contributed by atoms with van der Waals surface area (Å²) in [6, 6.07) is 9.44. The van der Waals surface area contributed by atoms with E-state index in [-0.39, 0.29) is 6.54 Å². The molecule has 0 heterocycles. The minimum atomic E-state index is -4.21. The minimum Gasteiger partial charge on any atom is -0.454 e. The number of alkyl halides is 3. The van der Waals surface area contributed by atoms with Crippen LogP contribution in [0, 0.1) is 0 Å². The SMILES string of the molecule is CC.CCCCNC1=CC(CCNCC(F)(F)F)=CCC(SN)=C1Oc1ccccc1. The van der Waals surface area contributed by atoms with Gasteiger partial charge in [0.1, 0.15) is 5.75 Å². The van der Waals surface area contributed by atoms with Crippen LogP contribution >= 0.6 is 11.9 Å². The van der Waals surface area contributed by atoms with Crippen LogP contribution in [0.5, 0.6) is 5.75 Å². The molecule has 0 saturated carbocycles. The van der Waals surface area contributed by atoms with Crippen LogP contribution in [0.25, 0.3) is 0 Å². The molecule has 0 saturated heterocycles. The van der Waals surface area contributed by atoms with Crippen LogP contribution in [0.4, 0.5) is 13.2 Å². The lowest BCUT2D eigenvalue weighted by Crippen LogP contribution is -2.29. The van der Waals surface area contributed by atoms with Crippen molar-refractivity contribution < 1.29 is 17.9 Å². The number of benzene rings is 1. The molecule has 8 heteroatoms. The van der Waals surface area contributed by atoms with Gasteiger partial charge in [-0.1, -0.05) is 51.5 Å². The molecule has 0 atom stereocenters. The molecule has 1 aromatic carbocycles. The van der Waals surface area contributed by atoms with Crippen LogP contribution in [0.1, 0.15) is 46.5 Å². The molecule has 0 unspecified atom stereocenters. The van der Waals surface area contributed by atoms with Gasteiger partial charge in [0.05, 0.1) is 12.2 Å². The zero-order valence-electron chi connectivity index (χ0n) is 18.5. The van der Waals surface area contributed by atoms with Crippen LogP contribution in [0.2, 0.25) is 0 Å².